The lowest BCUT2D eigenvalue weighted by atomic mass is 9.88. The molecule has 0 aromatic heterocycles. The van der Waals surface area contributed by atoms with Gasteiger partial charge in [0.2, 0.25) is 0 Å². The van der Waals surface area contributed by atoms with Crippen LogP contribution in [-0.2, 0) is 6.42 Å². The van der Waals surface area contributed by atoms with Crippen molar-refractivity contribution in [3.05, 3.63) is 29.8 Å². The maximum Gasteiger partial charge on any atom is 0.573 e. The predicted molar refractivity (Wildman–Crippen MR) is 72.5 cm³/mol. The maximum absolute atomic E-state index is 12.0. The van der Waals surface area contributed by atoms with Crippen LogP contribution in [0, 0.1) is 5.41 Å². The molecule has 0 N–H and O–H groups in total. The van der Waals surface area contributed by atoms with E-state index in [1.54, 1.807) is 12.1 Å². The molecule has 102 valence electrons. The monoisotopic (exact) mass is 388 g/mol. The Morgan fingerprint density at radius 2 is 1.56 bits per heavy atom. The van der Waals surface area contributed by atoms with Crippen LogP contribution >= 0.6 is 31.9 Å². The Morgan fingerprint density at radius 1 is 1.06 bits per heavy atom. The van der Waals surface area contributed by atoms with E-state index in [2.05, 4.69) is 43.5 Å². The molecular weight excluding hydrogens is 377 g/mol. The molecule has 1 aromatic carbocycles. The van der Waals surface area contributed by atoms with E-state index < -0.39 is 6.36 Å². The summed E-state index contributed by atoms with van der Waals surface area (Å²) in [6.45, 7) is 2.09. The summed E-state index contributed by atoms with van der Waals surface area (Å²) in [6.07, 6.45) is -3.86. The van der Waals surface area contributed by atoms with E-state index in [4.69, 9.17) is 0 Å². The van der Waals surface area contributed by atoms with Gasteiger partial charge < -0.3 is 4.74 Å². The molecular formula is C12H13Br2F3O. The van der Waals surface area contributed by atoms with Gasteiger partial charge in [0.15, 0.2) is 0 Å². The third-order valence-corrected chi connectivity index (χ3v) is 5.14. The van der Waals surface area contributed by atoms with Crippen molar-refractivity contribution in [1.82, 2.24) is 0 Å². The van der Waals surface area contributed by atoms with E-state index in [1.165, 1.54) is 12.1 Å². The van der Waals surface area contributed by atoms with Crippen molar-refractivity contribution in [3.8, 4) is 5.75 Å². The van der Waals surface area contributed by atoms with Crippen LogP contribution in [0.25, 0.3) is 0 Å². The highest BCUT2D eigenvalue weighted by molar-refractivity contribution is 9.09. The molecule has 0 spiro atoms. The van der Waals surface area contributed by atoms with E-state index >= 15 is 0 Å². The van der Waals surface area contributed by atoms with Crippen LogP contribution in [0.1, 0.15) is 12.5 Å². The maximum atomic E-state index is 12.0. The van der Waals surface area contributed by atoms with Crippen molar-refractivity contribution in [2.75, 3.05) is 10.7 Å². The fourth-order valence-corrected chi connectivity index (χ4v) is 2.76. The molecule has 0 aliphatic rings. The van der Waals surface area contributed by atoms with Crippen LogP contribution in [0.3, 0.4) is 0 Å². The quantitative estimate of drug-likeness (QED) is 0.649. The molecule has 0 heterocycles. The minimum absolute atomic E-state index is 0.0341. The zero-order chi connectivity index (χ0) is 13.8. The highest BCUT2D eigenvalue weighted by Crippen LogP contribution is 2.29. The first-order chi connectivity index (χ1) is 8.28. The zero-order valence-corrected chi connectivity index (χ0v) is 12.9. The molecule has 1 rings (SSSR count). The molecule has 0 bridgehead atoms. The average Bonchev–Trinajstić information content (AvgIpc) is 2.30. The van der Waals surface area contributed by atoms with Gasteiger partial charge in [0.25, 0.3) is 0 Å². The summed E-state index contributed by atoms with van der Waals surface area (Å²) < 4.78 is 39.8. The molecule has 0 unspecified atom stereocenters. The molecule has 0 radical (unpaired) electrons. The van der Waals surface area contributed by atoms with Gasteiger partial charge in [-0.3, -0.25) is 0 Å². The molecule has 18 heavy (non-hydrogen) atoms. The number of halogens is 5. The van der Waals surface area contributed by atoms with Gasteiger partial charge in [0, 0.05) is 10.7 Å². The Hall–Kier alpha value is -0.230. The summed E-state index contributed by atoms with van der Waals surface area (Å²) in [5.74, 6) is -0.189. The van der Waals surface area contributed by atoms with Crippen molar-refractivity contribution in [1.29, 1.82) is 0 Å². The predicted octanol–water partition coefficient (Wildman–Crippen LogP) is 4.92. The van der Waals surface area contributed by atoms with E-state index in [9.17, 15) is 13.2 Å². The van der Waals surface area contributed by atoms with Crippen molar-refractivity contribution >= 4 is 31.9 Å². The lowest BCUT2D eigenvalue weighted by molar-refractivity contribution is -0.274. The summed E-state index contributed by atoms with van der Waals surface area (Å²) in [5.41, 5.74) is 1.01. The SMILES string of the molecule is CC(CBr)(CBr)Cc1ccc(OC(F)(F)F)cc1. The highest BCUT2D eigenvalue weighted by Gasteiger charge is 2.31. The molecule has 0 aliphatic heterocycles. The smallest absolute Gasteiger partial charge is 0.406 e. The Labute approximate surface area is 121 Å². The fourth-order valence-electron chi connectivity index (χ4n) is 1.43. The van der Waals surface area contributed by atoms with Crippen molar-refractivity contribution < 1.29 is 17.9 Å². The summed E-state index contributed by atoms with van der Waals surface area (Å²) >= 11 is 6.88. The van der Waals surface area contributed by atoms with Gasteiger partial charge in [0.05, 0.1) is 0 Å². The summed E-state index contributed by atoms with van der Waals surface area (Å²) in [5, 5.41) is 1.62. The van der Waals surface area contributed by atoms with Gasteiger partial charge in [-0.15, -0.1) is 13.2 Å². The molecule has 1 aromatic rings. The molecule has 0 amide bonds. The largest absolute Gasteiger partial charge is 0.573 e. The number of benzene rings is 1. The lowest BCUT2D eigenvalue weighted by Crippen LogP contribution is -2.23. The minimum atomic E-state index is -4.64. The van der Waals surface area contributed by atoms with Crippen LogP contribution in [0.2, 0.25) is 0 Å². The Morgan fingerprint density at radius 3 is 1.94 bits per heavy atom. The molecule has 0 saturated heterocycles. The van der Waals surface area contributed by atoms with Crippen LogP contribution in [0.5, 0.6) is 5.75 Å². The standard InChI is InChI=1S/C12H13Br2F3O/c1-11(7-13,8-14)6-9-2-4-10(5-3-9)18-12(15,16)17/h2-5H,6-8H2,1H3. The third-order valence-electron chi connectivity index (χ3n) is 2.43. The third kappa shape index (κ3) is 5.18. The van der Waals surface area contributed by atoms with Gasteiger partial charge in [-0.1, -0.05) is 50.9 Å². The van der Waals surface area contributed by atoms with Gasteiger partial charge in [0.1, 0.15) is 5.75 Å². The second kappa shape index (κ2) is 6.28. The van der Waals surface area contributed by atoms with E-state index in [0.29, 0.717) is 0 Å². The van der Waals surface area contributed by atoms with Crippen LogP contribution in [0.4, 0.5) is 13.2 Å². The van der Waals surface area contributed by atoms with Crippen LogP contribution in [0.15, 0.2) is 24.3 Å². The van der Waals surface area contributed by atoms with Crippen molar-refractivity contribution in [2.24, 2.45) is 5.41 Å². The molecule has 0 saturated carbocycles. The number of hydrogen-bond donors (Lipinski definition) is 0. The van der Waals surface area contributed by atoms with E-state index in [1.807, 2.05) is 0 Å². The second-order valence-corrected chi connectivity index (χ2v) is 5.57. The zero-order valence-electron chi connectivity index (χ0n) is 9.73. The fraction of sp³-hybridized carbons (Fsp3) is 0.500. The number of rotatable bonds is 5. The second-order valence-electron chi connectivity index (χ2n) is 4.45. The first-order valence-corrected chi connectivity index (χ1v) is 7.49. The number of ether oxygens (including phenoxy) is 1. The van der Waals surface area contributed by atoms with Gasteiger partial charge >= 0.3 is 6.36 Å². The van der Waals surface area contributed by atoms with E-state index in [0.717, 1.165) is 22.6 Å². The lowest BCUT2D eigenvalue weighted by Gasteiger charge is -2.24. The average molecular weight is 390 g/mol. The molecule has 0 aliphatic carbocycles. The molecule has 1 nitrogen and oxygen atoms in total. The summed E-state index contributed by atoms with van der Waals surface area (Å²) in [7, 11) is 0. The minimum Gasteiger partial charge on any atom is -0.406 e. The number of hydrogen-bond acceptors (Lipinski definition) is 1. The summed E-state index contributed by atoms with van der Waals surface area (Å²) in [6, 6.07) is 5.99. The van der Waals surface area contributed by atoms with Crippen LogP contribution < -0.4 is 4.74 Å². The van der Waals surface area contributed by atoms with Crippen molar-refractivity contribution in [2.45, 2.75) is 19.7 Å². The van der Waals surface area contributed by atoms with Crippen LogP contribution in [-0.4, -0.2) is 17.0 Å². The topological polar surface area (TPSA) is 9.23 Å². The number of alkyl halides is 5. The Kier molecular flexibility index (Phi) is 5.52. The summed E-state index contributed by atoms with van der Waals surface area (Å²) in [4.78, 5) is 0. The molecule has 6 heteroatoms. The molecule has 0 atom stereocenters. The first-order valence-electron chi connectivity index (χ1n) is 5.25. The van der Waals surface area contributed by atoms with Crippen molar-refractivity contribution in [3.63, 3.8) is 0 Å². The Balaban J connectivity index is 2.71. The van der Waals surface area contributed by atoms with E-state index in [-0.39, 0.29) is 11.2 Å². The first kappa shape index (κ1) is 15.8. The highest BCUT2D eigenvalue weighted by atomic mass is 79.9. The molecule has 0 fully saturated rings. The normalized spacial score (nSPS) is 12.6. The van der Waals surface area contributed by atoms with Gasteiger partial charge in [-0.25, -0.2) is 0 Å². The van der Waals surface area contributed by atoms with Gasteiger partial charge in [-0.05, 0) is 29.5 Å². The Bertz CT molecular complexity index is 372. The van der Waals surface area contributed by atoms with Gasteiger partial charge in [-0.2, -0.15) is 0 Å².